The van der Waals surface area contributed by atoms with Gasteiger partial charge in [0.15, 0.2) is 0 Å². The van der Waals surface area contributed by atoms with E-state index in [4.69, 9.17) is 10.2 Å². The smallest absolute Gasteiger partial charge is 0.344 e. The molecule has 25 heavy (non-hydrogen) atoms. The molecule has 1 rings (SSSR count). The molecular weight excluding hydrogens is 352 g/mol. The minimum Gasteiger partial charge on any atom is -0.479 e. The Hall–Kier alpha value is -0.970. The fourth-order valence-electron chi connectivity index (χ4n) is 2.53. The van der Waals surface area contributed by atoms with E-state index >= 15 is 0 Å². The molecule has 0 bridgehead atoms. The van der Waals surface area contributed by atoms with Crippen LogP contribution in [0.3, 0.4) is 0 Å². The topological polar surface area (TPSA) is 249 Å². The molecule has 13 nitrogen and oxygen atoms in total. The Balaban J connectivity index is 3.42. The van der Waals surface area contributed by atoms with Crippen molar-refractivity contribution in [3.05, 3.63) is 0 Å². The maximum absolute atomic E-state index is 11.5. The zero-order chi connectivity index (χ0) is 19.7. The lowest BCUT2D eigenvalue weighted by Crippen LogP contribution is -2.79. The number of carboxylic acid groups (broad SMARTS) is 1. The van der Waals surface area contributed by atoms with E-state index in [1.54, 1.807) is 0 Å². The van der Waals surface area contributed by atoms with Crippen molar-refractivity contribution in [2.75, 3.05) is 13.2 Å². The van der Waals surface area contributed by atoms with Crippen LogP contribution in [0, 0.1) is 0 Å². The van der Waals surface area contributed by atoms with E-state index < -0.39 is 73.3 Å². The zero-order valence-electron chi connectivity index (χ0n) is 12.7. The number of aliphatic carboxylic acids is 1. The summed E-state index contributed by atoms with van der Waals surface area (Å²) in [6.45, 7) is -2.27. The Kier molecular flexibility index (Phi) is 6.82. The van der Waals surface area contributed by atoms with E-state index in [0.29, 0.717) is 0 Å². The third-order valence-corrected chi connectivity index (χ3v) is 4.17. The van der Waals surface area contributed by atoms with Gasteiger partial charge < -0.3 is 60.9 Å². The van der Waals surface area contributed by atoms with Crippen LogP contribution in [0.2, 0.25) is 0 Å². The van der Waals surface area contributed by atoms with Crippen molar-refractivity contribution in [3.63, 3.8) is 0 Å². The van der Waals surface area contributed by atoms with Gasteiger partial charge in [-0.15, -0.1) is 0 Å². The second kappa shape index (κ2) is 7.73. The van der Waals surface area contributed by atoms with E-state index in [0.717, 1.165) is 0 Å². The summed E-state index contributed by atoms with van der Waals surface area (Å²) in [6.07, 6.45) is -16.6. The monoisotopic (exact) mass is 374 g/mol. The van der Waals surface area contributed by atoms with Gasteiger partial charge in [-0.3, -0.25) is 0 Å². The van der Waals surface area contributed by atoms with Crippen LogP contribution in [0.15, 0.2) is 0 Å². The third kappa shape index (κ3) is 3.36. The number of carboxylic acids is 1. The van der Waals surface area contributed by atoms with Crippen LogP contribution in [0.4, 0.5) is 0 Å². The van der Waals surface area contributed by atoms with Crippen molar-refractivity contribution in [1.29, 1.82) is 0 Å². The summed E-state index contributed by atoms with van der Waals surface area (Å²) in [4.78, 5) is 11.5. The molecule has 148 valence electrons. The molecule has 1 aliphatic heterocycles. The minimum absolute atomic E-state index is 1.10. The number of hydrogen-bond acceptors (Lipinski definition) is 12. The maximum atomic E-state index is 11.5. The number of aliphatic hydroxyl groups is 10. The number of aliphatic hydroxyl groups excluding tert-OH is 8. The first kappa shape index (κ1) is 22.1. The highest BCUT2D eigenvalue weighted by molar-refractivity contribution is 5.80. The largest absolute Gasteiger partial charge is 0.479 e. The second-order valence-corrected chi connectivity index (χ2v) is 5.72. The highest BCUT2D eigenvalue weighted by Crippen LogP contribution is 2.39. The first-order valence-corrected chi connectivity index (χ1v) is 7.06. The summed E-state index contributed by atoms with van der Waals surface area (Å²) < 4.78 is 4.63. The van der Waals surface area contributed by atoms with Gasteiger partial charge in [0, 0.05) is 0 Å². The molecule has 0 aromatic rings. The van der Waals surface area contributed by atoms with Crippen molar-refractivity contribution in [2.45, 2.75) is 54.1 Å². The van der Waals surface area contributed by atoms with Crippen LogP contribution in [-0.2, 0) is 9.53 Å². The highest BCUT2D eigenvalue weighted by atomic mass is 16.7. The van der Waals surface area contributed by atoms with Gasteiger partial charge >= 0.3 is 5.97 Å². The Morgan fingerprint density at radius 2 is 1.64 bits per heavy atom. The summed E-state index contributed by atoms with van der Waals surface area (Å²) >= 11 is 0. The summed E-state index contributed by atoms with van der Waals surface area (Å²) in [5, 5.41) is 106. The van der Waals surface area contributed by atoms with Gasteiger partial charge in [0.25, 0.3) is 0 Å². The lowest BCUT2D eigenvalue weighted by molar-refractivity contribution is -0.408. The van der Waals surface area contributed by atoms with Crippen LogP contribution < -0.4 is 0 Å². The van der Waals surface area contributed by atoms with Gasteiger partial charge in [-0.25, -0.2) is 4.79 Å². The average Bonchev–Trinajstić information content (AvgIpc) is 2.59. The standard InChI is InChI=1S/C12H22O13/c13-1-3(15)5(16)8(19)11(23,10(21)22)12(24)9(20)7(18)6(17)4(2-14)25-12/h3-9,13-20,23-24H,1-2H2,(H,21,22)/t3?,4-,5?,6-,7+,8?,9+,11?,12+/m1/s1. The Bertz CT molecular complexity index is 472. The molecule has 4 unspecified atom stereocenters. The first-order chi connectivity index (χ1) is 11.4. The normalized spacial score (nSPS) is 39.3. The van der Waals surface area contributed by atoms with Crippen LogP contribution in [0.25, 0.3) is 0 Å². The van der Waals surface area contributed by atoms with Gasteiger partial charge in [0.2, 0.25) is 11.4 Å². The maximum Gasteiger partial charge on any atom is 0.344 e. The van der Waals surface area contributed by atoms with Crippen LogP contribution in [0.1, 0.15) is 0 Å². The predicted molar refractivity (Wildman–Crippen MR) is 72.6 cm³/mol. The quantitative estimate of drug-likeness (QED) is 0.198. The molecule has 0 saturated carbocycles. The van der Waals surface area contributed by atoms with Crippen LogP contribution in [-0.4, -0.2) is 129 Å². The lowest BCUT2D eigenvalue weighted by Gasteiger charge is -2.52. The van der Waals surface area contributed by atoms with E-state index in [1.165, 1.54) is 0 Å². The van der Waals surface area contributed by atoms with Crippen LogP contribution >= 0.6 is 0 Å². The van der Waals surface area contributed by atoms with E-state index in [2.05, 4.69) is 4.74 Å². The van der Waals surface area contributed by atoms with Gasteiger partial charge in [0.05, 0.1) is 13.2 Å². The fourth-order valence-corrected chi connectivity index (χ4v) is 2.53. The molecule has 0 spiro atoms. The number of rotatable bonds is 7. The molecule has 0 aromatic carbocycles. The summed E-state index contributed by atoms with van der Waals surface area (Å²) in [5.74, 6) is -6.19. The van der Waals surface area contributed by atoms with Crippen molar-refractivity contribution < 1.29 is 65.7 Å². The minimum atomic E-state index is -3.96. The van der Waals surface area contributed by atoms with Crippen LogP contribution in [0.5, 0.6) is 0 Å². The molecule has 9 atom stereocenters. The fraction of sp³-hybridized carbons (Fsp3) is 0.917. The van der Waals surface area contributed by atoms with E-state index in [1.807, 2.05) is 0 Å². The van der Waals surface area contributed by atoms with Crippen molar-refractivity contribution in [3.8, 4) is 0 Å². The van der Waals surface area contributed by atoms with E-state index in [9.17, 15) is 50.8 Å². The summed E-state index contributed by atoms with van der Waals surface area (Å²) in [7, 11) is 0. The number of carbonyl (C=O) groups is 1. The Morgan fingerprint density at radius 3 is 2.04 bits per heavy atom. The number of hydrogen-bond donors (Lipinski definition) is 11. The second-order valence-electron chi connectivity index (χ2n) is 5.72. The summed E-state index contributed by atoms with van der Waals surface area (Å²) in [5.41, 5.74) is -3.96. The molecule has 0 aromatic heterocycles. The lowest BCUT2D eigenvalue weighted by atomic mass is 9.76. The molecule has 1 saturated heterocycles. The predicted octanol–water partition coefficient (Wildman–Crippen LogP) is -6.96. The molecule has 1 aliphatic rings. The van der Waals surface area contributed by atoms with Gasteiger partial charge in [-0.1, -0.05) is 0 Å². The zero-order valence-corrected chi connectivity index (χ0v) is 12.7. The van der Waals surface area contributed by atoms with Crippen molar-refractivity contribution in [1.82, 2.24) is 0 Å². The molecule has 0 amide bonds. The van der Waals surface area contributed by atoms with E-state index in [-0.39, 0.29) is 0 Å². The SMILES string of the molecule is O=C(O)C(O)(C(O)C(O)C(O)CO)[C@@]1(O)O[C@H](CO)[C@@H](O)[C@H](O)[C@@H]1O. The van der Waals surface area contributed by atoms with Crippen molar-refractivity contribution in [2.24, 2.45) is 0 Å². The summed E-state index contributed by atoms with van der Waals surface area (Å²) in [6, 6.07) is 0. The highest BCUT2D eigenvalue weighted by Gasteiger charge is 2.71. The molecule has 1 fully saturated rings. The van der Waals surface area contributed by atoms with Gasteiger partial charge in [-0.05, 0) is 0 Å². The molecule has 1 heterocycles. The Labute approximate surface area is 140 Å². The average molecular weight is 374 g/mol. The third-order valence-electron chi connectivity index (χ3n) is 4.17. The van der Waals surface area contributed by atoms with Crippen molar-refractivity contribution >= 4 is 5.97 Å². The molecule has 0 radical (unpaired) electrons. The number of ether oxygens (including phenoxy) is 1. The first-order valence-electron chi connectivity index (χ1n) is 7.06. The molecule has 13 heteroatoms. The van der Waals surface area contributed by atoms with Gasteiger partial charge in [-0.2, -0.15) is 0 Å². The molecular formula is C12H22O13. The molecule has 11 N–H and O–H groups in total. The van der Waals surface area contributed by atoms with Gasteiger partial charge in [0.1, 0.15) is 42.7 Å². The molecule has 0 aliphatic carbocycles. The Morgan fingerprint density at radius 1 is 1.12 bits per heavy atom.